The number of benzene rings is 2. The topological polar surface area (TPSA) is 20.2 Å². The lowest BCUT2D eigenvalue weighted by Gasteiger charge is -2.13. The summed E-state index contributed by atoms with van der Waals surface area (Å²) in [5, 5.41) is 10.0. The monoisotopic (exact) mass is 330 g/mol. The van der Waals surface area contributed by atoms with E-state index in [0.29, 0.717) is 6.42 Å². The molecule has 0 aliphatic rings. The lowest BCUT2D eigenvalue weighted by molar-refractivity contribution is 0.128. The molecule has 22 heavy (non-hydrogen) atoms. The van der Waals surface area contributed by atoms with Crippen molar-refractivity contribution >= 4 is 23.5 Å². The second-order valence-corrected chi connectivity index (χ2v) is 7.89. The van der Waals surface area contributed by atoms with Crippen LogP contribution in [0, 0.1) is 5.92 Å². The summed E-state index contributed by atoms with van der Waals surface area (Å²) >= 11 is 3.50. The summed E-state index contributed by atoms with van der Waals surface area (Å²) in [4.78, 5) is 2.44. The molecule has 0 saturated carbocycles. The molecule has 116 valence electrons. The van der Waals surface area contributed by atoms with Gasteiger partial charge in [-0.25, -0.2) is 0 Å². The standard InChI is InChI=1S/C19H22OS2/c1-15(2)18(20)13-14-19(21-16-9-5-3-6-10-16)22-17-11-7-4-8-12-17/h3-12,14-15,18,20H,13H2,1-2H3/t18-/m0/s1. The quantitative estimate of drug-likeness (QED) is 0.646. The van der Waals surface area contributed by atoms with Crippen LogP contribution in [0.2, 0.25) is 0 Å². The number of thioether (sulfide) groups is 2. The third-order valence-electron chi connectivity index (χ3n) is 3.22. The molecule has 0 heterocycles. The van der Waals surface area contributed by atoms with Crippen molar-refractivity contribution < 1.29 is 5.11 Å². The maximum absolute atomic E-state index is 10.0. The zero-order valence-corrected chi connectivity index (χ0v) is 14.6. The molecule has 0 saturated heterocycles. The van der Waals surface area contributed by atoms with Gasteiger partial charge >= 0.3 is 0 Å². The summed E-state index contributed by atoms with van der Waals surface area (Å²) in [5.74, 6) is 0.279. The normalized spacial score (nSPS) is 12.2. The zero-order valence-electron chi connectivity index (χ0n) is 13.0. The molecule has 0 spiro atoms. The summed E-state index contributed by atoms with van der Waals surface area (Å²) in [6.45, 7) is 4.10. The Bertz CT molecular complexity index is 535. The molecule has 0 radical (unpaired) electrons. The second-order valence-electron chi connectivity index (χ2n) is 5.40. The Balaban J connectivity index is 2.11. The predicted octanol–water partition coefficient (Wildman–Crippen LogP) is 5.82. The van der Waals surface area contributed by atoms with Crippen LogP contribution in [0.25, 0.3) is 0 Å². The molecule has 0 unspecified atom stereocenters. The molecule has 1 atom stereocenters. The van der Waals surface area contributed by atoms with Crippen molar-refractivity contribution in [2.75, 3.05) is 0 Å². The van der Waals surface area contributed by atoms with Gasteiger partial charge in [-0.2, -0.15) is 0 Å². The third kappa shape index (κ3) is 5.91. The van der Waals surface area contributed by atoms with E-state index in [0.717, 1.165) is 0 Å². The van der Waals surface area contributed by atoms with E-state index in [1.807, 2.05) is 26.0 Å². The zero-order chi connectivity index (χ0) is 15.8. The van der Waals surface area contributed by atoms with Crippen molar-refractivity contribution in [3.63, 3.8) is 0 Å². The van der Waals surface area contributed by atoms with E-state index in [1.54, 1.807) is 23.5 Å². The van der Waals surface area contributed by atoms with Crippen LogP contribution in [0.4, 0.5) is 0 Å². The van der Waals surface area contributed by atoms with Crippen molar-refractivity contribution in [2.45, 2.75) is 36.2 Å². The van der Waals surface area contributed by atoms with Gasteiger partial charge < -0.3 is 5.11 Å². The van der Waals surface area contributed by atoms with Gasteiger partial charge in [0.05, 0.1) is 6.10 Å². The van der Waals surface area contributed by atoms with Crippen LogP contribution in [0.3, 0.4) is 0 Å². The van der Waals surface area contributed by atoms with Gasteiger partial charge in [-0.15, -0.1) is 0 Å². The summed E-state index contributed by atoms with van der Waals surface area (Å²) in [6, 6.07) is 20.7. The van der Waals surface area contributed by atoms with Crippen molar-refractivity contribution in [2.24, 2.45) is 5.92 Å². The second kappa shape index (κ2) is 9.09. The Kier molecular flexibility index (Phi) is 7.10. The van der Waals surface area contributed by atoms with E-state index in [1.165, 1.54) is 14.0 Å². The summed E-state index contributed by atoms with van der Waals surface area (Å²) in [5.41, 5.74) is 0. The third-order valence-corrected chi connectivity index (χ3v) is 5.47. The molecule has 0 amide bonds. The van der Waals surface area contributed by atoms with Crippen molar-refractivity contribution in [3.8, 4) is 0 Å². The van der Waals surface area contributed by atoms with Gasteiger partial charge in [0, 0.05) is 14.0 Å². The van der Waals surface area contributed by atoms with Crippen molar-refractivity contribution in [3.05, 3.63) is 71.0 Å². The molecule has 0 aliphatic carbocycles. The van der Waals surface area contributed by atoms with Crippen LogP contribution >= 0.6 is 23.5 Å². The lowest BCUT2D eigenvalue weighted by Crippen LogP contribution is -2.12. The van der Waals surface area contributed by atoms with E-state index >= 15 is 0 Å². The molecule has 2 aromatic rings. The molecule has 0 aliphatic heterocycles. The first-order valence-electron chi connectivity index (χ1n) is 7.49. The minimum absolute atomic E-state index is 0.279. The molecule has 2 rings (SSSR count). The van der Waals surface area contributed by atoms with E-state index in [4.69, 9.17) is 0 Å². The summed E-state index contributed by atoms with van der Waals surface area (Å²) < 4.78 is 1.21. The Labute approximate surface area is 141 Å². The maximum Gasteiger partial charge on any atom is 0.0598 e. The highest BCUT2D eigenvalue weighted by molar-refractivity contribution is 8.22. The Morgan fingerprint density at radius 3 is 1.77 bits per heavy atom. The van der Waals surface area contributed by atoms with Gasteiger partial charge in [-0.05, 0) is 36.6 Å². The molecule has 3 heteroatoms. The Morgan fingerprint density at radius 2 is 1.36 bits per heavy atom. The first-order chi connectivity index (χ1) is 10.6. The number of aliphatic hydroxyl groups excluding tert-OH is 1. The highest BCUT2D eigenvalue weighted by Gasteiger charge is 2.09. The average Bonchev–Trinajstić information content (AvgIpc) is 2.54. The molecule has 2 aromatic carbocycles. The molecule has 0 aromatic heterocycles. The molecule has 1 N–H and O–H groups in total. The van der Waals surface area contributed by atoms with Crippen LogP contribution in [0.1, 0.15) is 20.3 Å². The average molecular weight is 331 g/mol. The summed E-state index contributed by atoms with van der Waals surface area (Å²) in [6.07, 6.45) is 2.55. The largest absolute Gasteiger partial charge is 0.393 e. The fraction of sp³-hybridized carbons (Fsp3) is 0.263. The van der Waals surface area contributed by atoms with Gasteiger partial charge in [0.1, 0.15) is 0 Å². The predicted molar refractivity (Wildman–Crippen MR) is 98.1 cm³/mol. The van der Waals surface area contributed by atoms with Crippen molar-refractivity contribution in [1.29, 1.82) is 0 Å². The maximum atomic E-state index is 10.0. The van der Waals surface area contributed by atoms with E-state index in [9.17, 15) is 5.11 Å². The SMILES string of the molecule is CC(C)[C@@H](O)CC=C(Sc1ccccc1)Sc1ccccc1. The molecular formula is C19H22OS2. The van der Waals surface area contributed by atoms with Gasteiger partial charge in [0.2, 0.25) is 0 Å². The Morgan fingerprint density at radius 1 is 0.909 bits per heavy atom. The molecule has 1 nitrogen and oxygen atoms in total. The van der Waals surface area contributed by atoms with Crippen LogP contribution in [-0.4, -0.2) is 11.2 Å². The van der Waals surface area contributed by atoms with Crippen molar-refractivity contribution in [1.82, 2.24) is 0 Å². The first kappa shape index (κ1) is 17.2. The first-order valence-corrected chi connectivity index (χ1v) is 9.12. The number of aliphatic hydroxyl groups is 1. The van der Waals surface area contributed by atoms with E-state index in [2.05, 4.69) is 54.6 Å². The smallest absolute Gasteiger partial charge is 0.0598 e. The number of hydrogen-bond acceptors (Lipinski definition) is 3. The highest BCUT2D eigenvalue weighted by atomic mass is 32.2. The minimum atomic E-state index is -0.289. The van der Waals surface area contributed by atoms with Crippen LogP contribution in [-0.2, 0) is 0 Å². The fourth-order valence-corrected chi connectivity index (χ4v) is 3.96. The Hall–Kier alpha value is -1.16. The van der Waals surface area contributed by atoms with Gasteiger partial charge in [-0.1, -0.05) is 79.8 Å². The van der Waals surface area contributed by atoms with Crippen LogP contribution < -0.4 is 0 Å². The van der Waals surface area contributed by atoms with E-state index in [-0.39, 0.29) is 12.0 Å². The number of rotatable bonds is 7. The van der Waals surface area contributed by atoms with E-state index < -0.39 is 0 Å². The van der Waals surface area contributed by atoms with Gasteiger partial charge in [0.15, 0.2) is 0 Å². The lowest BCUT2D eigenvalue weighted by atomic mass is 10.1. The van der Waals surface area contributed by atoms with Crippen LogP contribution in [0.5, 0.6) is 0 Å². The highest BCUT2D eigenvalue weighted by Crippen LogP contribution is 2.39. The van der Waals surface area contributed by atoms with Crippen LogP contribution in [0.15, 0.2) is 80.8 Å². The van der Waals surface area contributed by atoms with Gasteiger partial charge in [-0.3, -0.25) is 0 Å². The molecule has 0 bridgehead atoms. The number of hydrogen-bond donors (Lipinski definition) is 1. The van der Waals surface area contributed by atoms with Gasteiger partial charge in [0.25, 0.3) is 0 Å². The summed E-state index contributed by atoms with van der Waals surface area (Å²) in [7, 11) is 0. The fourth-order valence-electron chi connectivity index (χ4n) is 1.80. The molecule has 0 fully saturated rings. The minimum Gasteiger partial charge on any atom is -0.393 e. The molecular weight excluding hydrogens is 308 g/mol.